The summed E-state index contributed by atoms with van der Waals surface area (Å²) in [6.45, 7) is 8.21. The number of methoxy groups -OCH3 is 1. The molecular weight excluding hydrogens is 296 g/mol. The van der Waals surface area contributed by atoms with Gasteiger partial charge in [-0.3, -0.25) is 0 Å². The van der Waals surface area contributed by atoms with Crippen LogP contribution in [0.2, 0.25) is 0 Å². The van der Waals surface area contributed by atoms with Gasteiger partial charge in [0.2, 0.25) is 0 Å². The van der Waals surface area contributed by atoms with Crippen LogP contribution in [-0.2, 0) is 6.42 Å². The van der Waals surface area contributed by atoms with E-state index in [0.717, 1.165) is 29.0 Å². The van der Waals surface area contributed by atoms with E-state index in [1.807, 2.05) is 24.3 Å². The lowest BCUT2D eigenvalue weighted by Gasteiger charge is -2.17. The van der Waals surface area contributed by atoms with E-state index < -0.39 is 0 Å². The number of ether oxygens (including phenoxy) is 2. The first-order chi connectivity index (χ1) is 11.6. The van der Waals surface area contributed by atoms with Crippen molar-refractivity contribution in [3.05, 3.63) is 83.7 Å². The standard InChI is InChI=1S/C22H22O2/c1-15-9-8-12-19(17(15)3)20-13-18-11-7-5-6-10-16(2)24-21(18)14-22(20)23-4/h5-10,12-14H,2,11H2,1,3-4H3/b7-5-,10-6-. The van der Waals surface area contributed by atoms with Crippen LogP contribution >= 0.6 is 0 Å². The van der Waals surface area contributed by atoms with Crippen molar-refractivity contribution in [1.29, 1.82) is 0 Å². The van der Waals surface area contributed by atoms with E-state index in [1.165, 1.54) is 16.7 Å². The van der Waals surface area contributed by atoms with Crippen LogP contribution in [0.5, 0.6) is 11.5 Å². The molecule has 1 heterocycles. The molecule has 0 radical (unpaired) electrons. The van der Waals surface area contributed by atoms with Crippen molar-refractivity contribution in [3.8, 4) is 22.6 Å². The molecule has 0 spiro atoms. The molecule has 0 bridgehead atoms. The van der Waals surface area contributed by atoms with Crippen molar-refractivity contribution in [2.75, 3.05) is 7.11 Å². The molecule has 2 nitrogen and oxygen atoms in total. The van der Waals surface area contributed by atoms with Gasteiger partial charge in [-0.25, -0.2) is 0 Å². The Bertz CT molecular complexity index is 841. The molecule has 0 unspecified atom stereocenters. The van der Waals surface area contributed by atoms with Crippen molar-refractivity contribution < 1.29 is 9.47 Å². The van der Waals surface area contributed by atoms with Gasteiger partial charge in [-0.05, 0) is 54.7 Å². The van der Waals surface area contributed by atoms with Crippen molar-refractivity contribution >= 4 is 0 Å². The minimum atomic E-state index is 0.615. The molecule has 0 fully saturated rings. The third kappa shape index (κ3) is 3.13. The lowest BCUT2D eigenvalue weighted by atomic mass is 9.94. The summed E-state index contributed by atoms with van der Waals surface area (Å²) in [6.07, 6.45) is 8.74. The zero-order valence-corrected chi connectivity index (χ0v) is 14.4. The van der Waals surface area contributed by atoms with E-state index >= 15 is 0 Å². The molecule has 0 N–H and O–H groups in total. The SMILES string of the molecule is C=C1/C=C\C=C/Cc2cc(-c3cccc(C)c3C)c(OC)cc2O1. The average Bonchev–Trinajstić information content (AvgIpc) is 2.66. The number of allylic oxidation sites excluding steroid dienone is 4. The van der Waals surface area contributed by atoms with E-state index in [-0.39, 0.29) is 0 Å². The summed E-state index contributed by atoms with van der Waals surface area (Å²) >= 11 is 0. The Hall–Kier alpha value is -2.74. The molecule has 2 heteroatoms. The van der Waals surface area contributed by atoms with Crippen molar-refractivity contribution in [2.24, 2.45) is 0 Å². The molecule has 0 saturated carbocycles. The Morgan fingerprint density at radius 3 is 2.71 bits per heavy atom. The zero-order chi connectivity index (χ0) is 17.1. The van der Waals surface area contributed by atoms with E-state index in [4.69, 9.17) is 9.47 Å². The van der Waals surface area contributed by atoms with Crippen molar-refractivity contribution in [3.63, 3.8) is 0 Å². The molecule has 0 saturated heterocycles. The highest BCUT2D eigenvalue weighted by Gasteiger charge is 2.15. The quantitative estimate of drug-likeness (QED) is 0.724. The van der Waals surface area contributed by atoms with Crippen molar-refractivity contribution in [2.45, 2.75) is 20.3 Å². The lowest BCUT2D eigenvalue weighted by molar-refractivity contribution is 0.405. The van der Waals surface area contributed by atoms with Gasteiger partial charge < -0.3 is 9.47 Å². The fourth-order valence-electron chi connectivity index (χ4n) is 2.89. The largest absolute Gasteiger partial charge is 0.496 e. The maximum Gasteiger partial charge on any atom is 0.134 e. The number of fused-ring (bicyclic) bond motifs is 1. The summed E-state index contributed by atoms with van der Waals surface area (Å²) < 4.78 is 11.6. The number of rotatable bonds is 2. The Kier molecular flexibility index (Phi) is 4.57. The Balaban J connectivity index is 2.18. The van der Waals surface area contributed by atoms with Crippen LogP contribution in [0.1, 0.15) is 16.7 Å². The van der Waals surface area contributed by atoms with Gasteiger partial charge in [0.15, 0.2) is 0 Å². The first-order valence-electron chi connectivity index (χ1n) is 8.07. The summed E-state index contributed by atoms with van der Waals surface area (Å²) in [5, 5.41) is 0. The van der Waals surface area contributed by atoms with Gasteiger partial charge in [-0.1, -0.05) is 43.0 Å². The predicted molar refractivity (Wildman–Crippen MR) is 99.7 cm³/mol. The monoisotopic (exact) mass is 318 g/mol. The molecule has 0 amide bonds. The van der Waals surface area contributed by atoms with Gasteiger partial charge >= 0.3 is 0 Å². The summed E-state index contributed by atoms with van der Waals surface area (Å²) in [5.74, 6) is 2.22. The number of hydrogen-bond donors (Lipinski definition) is 0. The first kappa shape index (κ1) is 16.1. The molecule has 0 aromatic heterocycles. The van der Waals surface area contributed by atoms with Crippen LogP contribution in [0, 0.1) is 13.8 Å². The molecule has 1 aliphatic rings. The van der Waals surface area contributed by atoms with Gasteiger partial charge in [-0.15, -0.1) is 0 Å². The van der Waals surface area contributed by atoms with Crippen LogP contribution in [-0.4, -0.2) is 7.11 Å². The minimum absolute atomic E-state index is 0.615. The molecule has 1 aliphatic heterocycles. The van der Waals surface area contributed by atoms with Gasteiger partial charge in [0.25, 0.3) is 0 Å². The second-order valence-electron chi connectivity index (χ2n) is 5.97. The van der Waals surface area contributed by atoms with Crippen LogP contribution in [0.15, 0.2) is 67.0 Å². The molecule has 122 valence electrons. The fraction of sp³-hybridized carbons (Fsp3) is 0.182. The third-order valence-corrected chi connectivity index (χ3v) is 4.39. The van der Waals surface area contributed by atoms with Crippen LogP contribution < -0.4 is 9.47 Å². The fourth-order valence-corrected chi connectivity index (χ4v) is 2.89. The summed E-state index contributed by atoms with van der Waals surface area (Å²) in [4.78, 5) is 0. The topological polar surface area (TPSA) is 18.5 Å². The average molecular weight is 318 g/mol. The number of aryl methyl sites for hydroxylation is 1. The summed E-state index contributed by atoms with van der Waals surface area (Å²) in [5.41, 5.74) is 5.93. The number of hydrogen-bond acceptors (Lipinski definition) is 2. The molecule has 2 aromatic rings. The highest BCUT2D eigenvalue weighted by atomic mass is 16.5. The second kappa shape index (κ2) is 6.79. The van der Waals surface area contributed by atoms with Crippen LogP contribution in [0.3, 0.4) is 0 Å². The Labute approximate surface area is 143 Å². The smallest absolute Gasteiger partial charge is 0.134 e. The third-order valence-electron chi connectivity index (χ3n) is 4.39. The molecule has 24 heavy (non-hydrogen) atoms. The molecule has 3 rings (SSSR count). The van der Waals surface area contributed by atoms with E-state index in [0.29, 0.717) is 5.76 Å². The lowest BCUT2D eigenvalue weighted by Crippen LogP contribution is -1.99. The first-order valence-corrected chi connectivity index (χ1v) is 8.07. The van der Waals surface area contributed by atoms with Gasteiger partial charge in [-0.2, -0.15) is 0 Å². The Morgan fingerprint density at radius 2 is 1.92 bits per heavy atom. The van der Waals surface area contributed by atoms with Gasteiger partial charge in [0, 0.05) is 11.6 Å². The molecular formula is C22H22O2. The van der Waals surface area contributed by atoms with E-state index in [9.17, 15) is 0 Å². The minimum Gasteiger partial charge on any atom is -0.496 e. The highest BCUT2D eigenvalue weighted by molar-refractivity contribution is 5.76. The Morgan fingerprint density at radius 1 is 1.08 bits per heavy atom. The predicted octanol–water partition coefficient (Wildman–Crippen LogP) is 5.54. The van der Waals surface area contributed by atoms with E-state index in [1.54, 1.807) is 7.11 Å². The maximum atomic E-state index is 5.90. The van der Waals surface area contributed by atoms with Crippen molar-refractivity contribution in [1.82, 2.24) is 0 Å². The molecule has 0 aliphatic carbocycles. The van der Waals surface area contributed by atoms with Crippen LogP contribution in [0.4, 0.5) is 0 Å². The highest BCUT2D eigenvalue weighted by Crippen LogP contribution is 2.39. The summed E-state index contributed by atoms with van der Waals surface area (Å²) in [6, 6.07) is 10.5. The van der Waals surface area contributed by atoms with Gasteiger partial charge in [0.05, 0.1) is 7.11 Å². The maximum absolute atomic E-state index is 5.90. The molecule has 2 aromatic carbocycles. The number of benzene rings is 2. The zero-order valence-electron chi connectivity index (χ0n) is 14.4. The van der Waals surface area contributed by atoms with Gasteiger partial charge in [0.1, 0.15) is 17.3 Å². The summed E-state index contributed by atoms with van der Waals surface area (Å²) in [7, 11) is 1.69. The van der Waals surface area contributed by atoms with E-state index in [2.05, 4.69) is 50.8 Å². The van der Waals surface area contributed by atoms with Crippen LogP contribution in [0.25, 0.3) is 11.1 Å². The normalized spacial score (nSPS) is 16.2. The molecule has 0 atom stereocenters. The second-order valence-corrected chi connectivity index (χ2v) is 5.97.